The van der Waals surface area contributed by atoms with E-state index in [1.54, 1.807) is 0 Å². The lowest BCUT2D eigenvalue weighted by atomic mass is 10.1. The Morgan fingerprint density at radius 3 is 3.07 bits per heavy atom. The molecule has 0 bridgehead atoms. The van der Waals surface area contributed by atoms with E-state index in [-0.39, 0.29) is 6.42 Å². The number of hydrogen-bond donors (Lipinski definition) is 0. The highest BCUT2D eigenvalue weighted by molar-refractivity contribution is 5.56. The van der Waals surface area contributed by atoms with Gasteiger partial charge in [0.2, 0.25) is 0 Å². The largest absolute Gasteiger partial charge is 0.334 e. The van der Waals surface area contributed by atoms with Crippen LogP contribution >= 0.6 is 0 Å². The first-order valence-corrected chi connectivity index (χ1v) is 4.63. The molecule has 1 heterocycles. The summed E-state index contributed by atoms with van der Waals surface area (Å²) in [5, 5.41) is 3.69. The van der Waals surface area contributed by atoms with Crippen molar-refractivity contribution in [1.29, 1.82) is 0 Å². The van der Waals surface area contributed by atoms with Crippen LogP contribution in [0.2, 0.25) is 0 Å². The normalized spacial score (nSPS) is 10.2. The van der Waals surface area contributed by atoms with Crippen LogP contribution in [-0.4, -0.2) is 16.4 Å². The minimum atomic E-state index is 0.190. The Morgan fingerprint density at radius 1 is 1.47 bits per heavy atom. The van der Waals surface area contributed by atoms with Crippen molar-refractivity contribution >= 4 is 6.29 Å². The van der Waals surface area contributed by atoms with Crippen LogP contribution in [0.4, 0.5) is 0 Å². The maximum Gasteiger partial charge on any atom is 0.257 e. The fourth-order valence-electron chi connectivity index (χ4n) is 1.31. The van der Waals surface area contributed by atoms with Crippen molar-refractivity contribution in [2.24, 2.45) is 0 Å². The molecule has 15 heavy (non-hydrogen) atoms. The Bertz CT molecular complexity index is 477. The van der Waals surface area contributed by atoms with Crippen LogP contribution in [0.5, 0.6) is 0 Å². The van der Waals surface area contributed by atoms with Crippen molar-refractivity contribution in [3.8, 4) is 11.5 Å². The van der Waals surface area contributed by atoms with E-state index in [2.05, 4.69) is 10.1 Å². The van der Waals surface area contributed by atoms with Gasteiger partial charge in [0.15, 0.2) is 5.82 Å². The van der Waals surface area contributed by atoms with Gasteiger partial charge < -0.3 is 9.32 Å². The number of hydrogen-bond acceptors (Lipinski definition) is 4. The van der Waals surface area contributed by atoms with Gasteiger partial charge in [-0.25, -0.2) is 0 Å². The van der Waals surface area contributed by atoms with Gasteiger partial charge in [0.05, 0.1) is 6.42 Å². The number of benzene rings is 1. The summed E-state index contributed by atoms with van der Waals surface area (Å²) >= 11 is 0. The molecule has 0 spiro atoms. The van der Waals surface area contributed by atoms with Crippen molar-refractivity contribution < 1.29 is 9.32 Å². The van der Waals surface area contributed by atoms with Gasteiger partial charge in [-0.1, -0.05) is 22.9 Å². The Morgan fingerprint density at radius 2 is 2.33 bits per heavy atom. The van der Waals surface area contributed by atoms with Gasteiger partial charge in [-0.05, 0) is 19.1 Å². The first-order valence-electron chi connectivity index (χ1n) is 4.63. The third-order valence-electron chi connectivity index (χ3n) is 2.00. The summed E-state index contributed by atoms with van der Waals surface area (Å²) in [4.78, 5) is 14.4. The number of rotatable bonds is 3. The molecule has 0 saturated carbocycles. The number of carbonyl (C=O) groups excluding carboxylic acids is 1. The number of carbonyl (C=O) groups is 1. The lowest BCUT2D eigenvalue weighted by molar-refractivity contribution is -0.107. The van der Waals surface area contributed by atoms with E-state index in [1.165, 1.54) is 0 Å². The summed E-state index contributed by atoms with van der Waals surface area (Å²) in [6.45, 7) is 1.99. The van der Waals surface area contributed by atoms with E-state index < -0.39 is 0 Å². The standard InChI is InChI=1S/C11H10N2O2/c1-8-3-2-4-9(7-8)11-12-10(5-6-14)13-15-11/h2-4,6-7H,5H2,1H3. The molecule has 0 saturated heterocycles. The van der Waals surface area contributed by atoms with Crippen molar-refractivity contribution in [2.75, 3.05) is 0 Å². The van der Waals surface area contributed by atoms with Gasteiger partial charge in [-0.2, -0.15) is 4.98 Å². The molecule has 0 unspecified atom stereocenters. The van der Waals surface area contributed by atoms with Crippen LogP contribution in [-0.2, 0) is 11.2 Å². The molecule has 0 amide bonds. The van der Waals surface area contributed by atoms with Gasteiger partial charge in [0.25, 0.3) is 5.89 Å². The lowest BCUT2D eigenvalue weighted by Gasteiger charge is -1.94. The number of nitrogens with zero attached hydrogens (tertiary/aromatic N) is 2. The predicted octanol–water partition coefficient (Wildman–Crippen LogP) is 1.79. The van der Waals surface area contributed by atoms with E-state index >= 15 is 0 Å². The maximum atomic E-state index is 10.3. The highest BCUT2D eigenvalue weighted by Gasteiger charge is 2.07. The molecule has 0 N–H and O–H groups in total. The molecular formula is C11H10N2O2. The van der Waals surface area contributed by atoms with E-state index in [0.29, 0.717) is 11.7 Å². The molecule has 0 aliphatic heterocycles. The summed E-state index contributed by atoms with van der Waals surface area (Å²) in [5.74, 6) is 0.872. The molecule has 76 valence electrons. The van der Waals surface area contributed by atoms with Crippen molar-refractivity contribution in [3.05, 3.63) is 35.7 Å². The Hall–Kier alpha value is -1.97. The third-order valence-corrected chi connectivity index (χ3v) is 2.00. The van der Waals surface area contributed by atoms with Crippen LogP contribution in [0.1, 0.15) is 11.4 Å². The van der Waals surface area contributed by atoms with E-state index in [9.17, 15) is 4.79 Å². The topological polar surface area (TPSA) is 56.0 Å². The molecule has 4 heteroatoms. The monoisotopic (exact) mass is 202 g/mol. The van der Waals surface area contributed by atoms with Crippen LogP contribution in [0.3, 0.4) is 0 Å². The van der Waals surface area contributed by atoms with E-state index in [0.717, 1.165) is 17.4 Å². The smallest absolute Gasteiger partial charge is 0.257 e. The number of aldehydes is 1. The SMILES string of the molecule is Cc1cccc(-c2nc(CC=O)no2)c1. The minimum absolute atomic E-state index is 0.190. The molecule has 1 aromatic carbocycles. The Balaban J connectivity index is 2.32. The summed E-state index contributed by atoms with van der Waals surface area (Å²) in [6, 6.07) is 7.77. The molecule has 0 radical (unpaired) electrons. The summed E-state index contributed by atoms with van der Waals surface area (Å²) in [6.07, 6.45) is 0.945. The van der Waals surface area contributed by atoms with E-state index in [1.807, 2.05) is 31.2 Å². The highest BCUT2D eigenvalue weighted by Crippen LogP contribution is 2.17. The second-order valence-corrected chi connectivity index (χ2v) is 3.26. The van der Waals surface area contributed by atoms with Gasteiger partial charge in [0.1, 0.15) is 6.29 Å². The van der Waals surface area contributed by atoms with E-state index in [4.69, 9.17) is 4.52 Å². The number of aryl methyl sites for hydroxylation is 1. The van der Waals surface area contributed by atoms with Crippen LogP contribution in [0, 0.1) is 6.92 Å². The first-order chi connectivity index (χ1) is 7.29. The first kappa shape index (κ1) is 9.58. The Labute approximate surface area is 86.9 Å². The zero-order valence-electron chi connectivity index (χ0n) is 8.30. The van der Waals surface area contributed by atoms with Crippen molar-refractivity contribution in [3.63, 3.8) is 0 Å². The van der Waals surface area contributed by atoms with Crippen LogP contribution < -0.4 is 0 Å². The fraction of sp³-hybridized carbons (Fsp3) is 0.182. The molecule has 0 aliphatic rings. The quantitative estimate of drug-likeness (QED) is 0.712. The summed E-state index contributed by atoms with van der Waals surface area (Å²) in [7, 11) is 0. The average molecular weight is 202 g/mol. The molecule has 0 fully saturated rings. The highest BCUT2D eigenvalue weighted by atomic mass is 16.5. The predicted molar refractivity (Wildman–Crippen MR) is 54.2 cm³/mol. The zero-order valence-corrected chi connectivity index (χ0v) is 8.30. The Kier molecular flexibility index (Phi) is 2.58. The van der Waals surface area contributed by atoms with Crippen LogP contribution in [0.15, 0.2) is 28.8 Å². The van der Waals surface area contributed by atoms with Crippen molar-refractivity contribution in [1.82, 2.24) is 10.1 Å². The molecule has 0 aliphatic carbocycles. The molecule has 4 nitrogen and oxygen atoms in total. The van der Waals surface area contributed by atoms with Gasteiger partial charge in [0, 0.05) is 5.56 Å². The molecule has 0 atom stereocenters. The second kappa shape index (κ2) is 4.04. The summed E-state index contributed by atoms with van der Waals surface area (Å²) < 4.78 is 5.04. The number of aromatic nitrogens is 2. The fourth-order valence-corrected chi connectivity index (χ4v) is 1.31. The molecular weight excluding hydrogens is 192 g/mol. The maximum absolute atomic E-state index is 10.3. The van der Waals surface area contributed by atoms with Gasteiger partial charge in [-0.15, -0.1) is 0 Å². The van der Waals surface area contributed by atoms with Gasteiger partial charge in [-0.3, -0.25) is 0 Å². The second-order valence-electron chi connectivity index (χ2n) is 3.26. The molecule has 2 aromatic rings. The zero-order chi connectivity index (χ0) is 10.7. The third kappa shape index (κ3) is 2.10. The van der Waals surface area contributed by atoms with Gasteiger partial charge >= 0.3 is 0 Å². The molecule has 1 aromatic heterocycles. The minimum Gasteiger partial charge on any atom is -0.334 e. The molecule has 2 rings (SSSR count). The average Bonchev–Trinajstić information content (AvgIpc) is 2.67. The van der Waals surface area contributed by atoms with Crippen molar-refractivity contribution in [2.45, 2.75) is 13.3 Å². The van der Waals surface area contributed by atoms with Crippen LogP contribution in [0.25, 0.3) is 11.5 Å². The summed E-state index contributed by atoms with van der Waals surface area (Å²) in [5.41, 5.74) is 2.00. The lowest BCUT2D eigenvalue weighted by Crippen LogP contribution is -1.88.